The number of nitrogens with zero attached hydrogens (tertiary/aromatic N) is 3. The van der Waals surface area contributed by atoms with Crippen LogP contribution in [-0.4, -0.2) is 45.7 Å². The van der Waals surface area contributed by atoms with Gasteiger partial charge in [-0.1, -0.05) is 6.92 Å². The van der Waals surface area contributed by atoms with E-state index in [-0.39, 0.29) is 11.9 Å². The Hall–Kier alpha value is -3.40. The van der Waals surface area contributed by atoms with E-state index in [0.29, 0.717) is 59.6 Å². The average Bonchev–Trinajstić information content (AvgIpc) is 3.28. The number of hydrogen-bond acceptors (Lipinski definition) is 7. The fourth-order valence-corrected chi connectivity index (χ4v) is 3.87. The van der Waals surface area contributed by atoms with Gasteiger partial charge in [-0.3, -0.25) is 14.9 Å². The highest BCUT2D eigenvalue weighted by Gasteiger charge is 2.24. The topological polar surface area (TPSA) is 134 Å². The van der Waals surface area contributed by atoms with Crippen LogP contribution in [0.25, 0.3) is 11.0 Å². The molecule has 2 amide bonds. The molecule has 0 spiro atoms. The molecule has 10 heteroatoms. The Kier molecular flexibility index (Phi) is 6.13. The minimum absolute atomic E-state index is 0.0436. The van der Waals surface area contributed by atoms with Crippen molar-refractivity contribution in [2.24, 2.45) is 5.73 Å². The molecule has 3 N–H and O–H groups in total. The number of primary amides is 1. The zero-order valence-electron chi connectivity index (χ0n) is 18.4. The number of aryl methyl sites for hydroxylation is 3. The number of anilines is 1. The van der Waals surface area contributed by atoms with Crippen LogP contribution in [0.3, 0.4) is 0 Å². The maximum Gasteiger partial charge on any atom is 0.295 e. The number of rotatable bonds is 7. The van der Waals surface area contributed by atoms with Gasteiger partial charge in [0, 0.05) is 31.9 Å². The number of nitrogens with two attached hydrogens (primary N) is 1. The third kappa shape index (κ3) is 4.31. The summed E-state index contributed by atoms with van der Waals surface area (Å²) in [7, 11) is 0. The van der Waals surface area contributed by atoms with E-state index in [2.05, 4.69) is 15.3 Å². The first-order valence-electron chi connectivity index (χ1n) is 10.7. The first-order chi connectivity index (χ1) is 15.4. The molecule has 3 aromatic rings. The van der Waals surface area contributed by atoms with Gasteiger partial charge in [0.2, 0.25) is 17.6 Å². The Morgan fingerprint density at radius 3 is 2.62 bits per heavy atom. The number of oxazole rings is 1. The maximum absolute atomic E-state index is 12.8. The van der Waals surface area contributed by atoms with E-state index in [1.165, 1.54) is 0 Å². The van der Waals surface area contributed by atoms with Crippen LogP contribution in [0.4, 0.5) is 5.95 Å². The Morgan fingerprint density at radius 2 is 2.00 bits per heavy atom. The molecule has 1 fully saturated rings. The quantitative estimate of drug-likeness (QED) is 0.575. The van der Waals surface area contributed by atoms with Gasteiger partial charge in [0.15, 0.2) is 5.89 Å². The number of imidazole rings is 1. The van der Waals surface area contributed by atoms with Gasteiger partial charge < -0.3 is 24.2 Å². The predicted octanol–water partition coefficient (Wildman–Crippen LogP) is 2.96. The maximum atomic E-state index is 12.8. The minimum Gasteiger partial charge on any atom is -0.488 e. The normalized spacial score (nSPS) is 14.6. The van der Waals surface area contributed by atoms with Crippen LogP contribution in [0.2, 0.25) is 0 Å². The summed E-state index contributed by atoms with van der Waals surface area (Å²) < 4.78 is 19.0. The fourth-order valence-electron chi connectivity index (χ4n) is 3.87. The second-order valence-corrected chi connectivity index (χ2v) is 7.82. The summed E-state index contributed by atoms with van der Waals surface area (Å²) in [5.74, 6) is 0.363. The highest BCUT2D eigenvalue weighted by molar-refractivity contribution is 6.04. The number of benzene rings is 1. The summed E-state index contributed by atoms with van der Waals surface area (Å²) in [4.78, 5) is 33.5. The Labute approximate surface area is 185 Å². The number of carbonyl (C=O) groups excluding carboxylic acids is 2. The molecule has 1 saturated heterocycles. The van der Waals surface area contributed by atoms with E-state index in [1.807, 2.05) is 11.5 Å². The summed E-state index contributed by atoms with van der Waals surface area (Å²) in [6.45, 7) is 7.24. The lowest BCUT2D eigenvalue weighted by atomic mass is 10.1. The lowest BCUT2D eigenvalue weighted by Crippen LogP contribution is -2.26. The van der Waals surface area contributed by atoms with E-state index in [4.69, 9.17) is 19.6 Å². The van der Waals surface area contributed by atoms with Gasteiger partial charge in [-0.05, 0) is 25.5 Å². The molecular formula is C22H27N5O5. The molecule has 1 aliphatic heterocycles. The molecule has 10 nitrogen and oxygen atoms in total. The highest BCUT2D eigenvalue weighted by Crippen LogP contribution is 2.33. The Morgan fingerprint density at radius 1 is 1.25 bits per heavy atom. The van der Waals surface area contributed by atoms with Crippen LogP contribution < -0.4 is 15.8 Å². The van der Waals surface area contributed by atoms with Crippen molar-refractivity contribution >= 4 is 28.8 Å². The molecule has 32 heavy (non-hydrogen) atoms. The smallest absolute Gasteiger partial charge is 0.295 e. The molecule has 0 atom stereocenters. The third-order valence-corrected chi connectivity index (χ3v) is 5.34. The molecule has 170 valence electrons. The van der Waals surface area contributed by atoms with E-state index in [1.54, 1.807) is 26.0 Å². The molecule has 0 aliphatic carbocycles. The molecule has 0 unspecified atom stereocenters. The molecule has 0 bridgehead atoms. The number of aromatic nitrogens is 3. The van der Waals surface area contributed by atoms with E-state index in [0.717, 1.165) is 19.3 Å². The van der Waals surface area contributed by atoms with Crippen molar-refractivity contribution < 1.29 is 23.5 Å². The van der Waals surface area contributed by atoms with Gasteiger partial charge in [-0.25, -0.2) is 9.97 Å². The van der Waals surface area contributed by atoms with Gasteiger partial charge in [0.25, 0.3) is 5.91 Å². The van der Waals surface area contributed by atoms with E-state index in [9.17, 15) is 9.59 Å². The van der Waals surface area contributed by atoms with Gasteiger partial charge >= 0.3 is 0 Å². The molecule has 0 saturated carbocycles. The first-order valence-corrected chi connectivity index (χ1v) is 10.7. The second kappa shape index (κ2) is 8.99. The first kappa shape index (κ1) is 21.8. The average molecular weight is 441 g/mol. The second-order valence-electron chi connectivity index (χ2n) is 7.82. The van der Waals surface area contributed by atoms with E-state index < -0.39 is 11.8 Å². The van der Waals surface area contributed by atoms with Crippen molar-refractivity contribution in [2.75, 3.05) is 18.5 Å². The Bertz CT molecular complexity index is 1160. The van der Waals surface area contributed by atoms with Gasteiger partial charge in [-0.2, -0.15) is 0 Å². The number of amides is 2. The molecule has 3 heterocycles. The minimum atomic E-state index is -0.577. The van der Waals surface area contributed by atoms with Crippen molar-refractivity contribution in [1.29, 1.82) is 0 Å². The summed E-state index contributed by atoms with van der Waals surface area (Å²) >= 11 is 0. The molecule has 2 aromatic heterocycles. The SMILES string of the molecule is CCCn1c(NC(=O)c2oc(C)nc2C)nc2cc(C(N)=O)cc(OC3CCOCC3)c21. The number of ether oxygens (including phenoxy) is 2. The number of fused-ring (bicyclic) bond motifs is 1. The fraction of sp³-hybridized carbons (Fsp3) is 0.455. The van der Waals surface area contributed by atoms with E-state index >= 15 is 0 Å². The van der Waals surface area contributed by atoms with Crippen molar-refractivity contribution in [3.05, 3.63) is 35.0 Å². The monoisotopic (exact) mass is 441 g/mol. The summed E-state index contributed by atoms with van der Waals surface area (Å²) in [6, 6.07) is 3.25. The summed E-state index contributed by atoms with van der Waals surface area (Å²) in [5, 5.41) is 2.82. The zero-order valence-corrected chi connectivity index (χ0v) is 18.4. The lowest BCUT2D eigenvalue weighted by Gasteiger charge is -2.24. The molecule has 0 radical (unpaired) electrons. The van der Waals surface area contributed by atoms with Crippen LogP contribution >= 0.6 is 0 Å². The number of nitrogens with one attached hydrogen (secondary N) is 1. The van der Waals surface area contributed by atoms with Gasteiger partial charge in [-0.15, -0.1) is 0 Å². The third-order valence-electron chi connectivity index (χ3n) is 5.34. The van der Waals surface area contributed by atoms with Crippen LogP contribution in [0.1, 0.15) is 58.7 Å². The standard InChI is InChI=1S/C22H27N5O5/c1-4-7-27-18-16(25-22(27)26-21(29)19-12(2)24-13(3)31-19)10-14(20(23)28)11-17(18)32-15-5-8-30-9-6-15/h10-11,15H,4-9H2,1-3H3,(H2,23,28)(H,25,26,29). The largest absolute Gasteiger partial charge is 0.488 e. The van der Waals surface area contributed by atoms with Crippen LogP contribution in [0, 0.1) is 13.8 Å². The lowest BCUT2D eigenvalue weighted by molar-refractivity contribution is 0.0260. The molecule has 1 aliphatic rings. The predicted molar refractivity (Wildman–Crippen MR) is 117 cm³/mol. The zero-order chi connectivity index (χ0) is 22.8. The van der Waals surface area contributed by atoms with Crippen LogP contribution in [0.15, 0.2) is 16.5 Å². The molecular weight excluding hydrogens is 414 g/mol. The van der Waals surface area contributed by atoms with Gasteiger partial charge in [0.1, 0.15) is 17.4 Å². The summed E-state index contributed by atoms with van der Waals surface area (Å²) in [6.07, 6.45) is 2.25. The highest BCUT2D eigenvalue weighted by atomic mass is 16.5. The van der Waals surface area contributed by atoms with Crippen molar-refractivity contribution in [3.8, 4) is 5.75 Å². The number of carbonyl (C=O) groups is 2. The van der Waals surface area contributed by atoms with Crippen LogP contribution in [-0.2, 0) is 11.3 Å². The van der Waals surface area contributed by atoms with Crippen LogP contribution in [0.5, 0.6) is 5.75 Å². The molecule has 4 rings (SSSR count). The number of hydrogen-bond donors (Lipinski definition) is 2. The van der Waals surface area contributed by atoms with Gasteiger partial charge in [0.05, 0.1) is 24.4 Å². The van der Waals surface area contributed by atoms with Crippen molar-refractivity contribution in [1.82, 2.24) is 14.5 Å². The van der Waals surface area contributed by atoms with Crippen molar-refractivity contribution in [3.63, 3.8) is 0 Å². The summed E-state index contributed by atoms with van der Waals surface area (Å²) in [5.41, 5.74) is 7.55. The Balaban J connectivity index is 1.78. The van der Waals surface area contributed by atoms with Crippen molar-refractivity contribution in [2.45, 2.75) is 52.7 Å². The molecule has 1 aromatic carbocycles.